The Labute approximate surface area is 164 Å². The van der Waals surface area contributed by atoms with Crippen LogP contribution >= 0.6 is 45.8 Å². The highest BCUT2D eigenvalue weighted by molar-refractivity contribution is 14.1. The van der Waals surface area contributed by atoms with E-state index in [4.69, 9.17) is 23.2 Å². The van der Waals surface area contributed by atoms with Gasteiger partial charge in [-0.25, -0.2) is 0 Å². The van der Waals surface area contributed by atoms with E-state index >= 15 is 0 Å². The van der Waals surface area contributed by atoms with E-state index in [1.54, 1.807) is 17.9 Å². The fraction of sp³-hybridized carbons (Fsp3) is 0.375. The summed E-state index contributed by atoms with van der Waals surface area (Å²) in [6.45, 7) is 3.89. The standard InChI is InChI=1S/C16H17Cl2IN4O/c1-21-15(14(19)9-20-21)16(24)23-6-4-22(5-7-23)10-11-2-3-12(17)13(18)8-11/h2-3,8-9H,4-7,10H2,1H3. The van der Waals surface area contributed by atoms with Gasteiger partial charge in [-0.05, 0) is 40.3 Å². The van der Waals surface area contributed by atoms with Crippen LogP contribution in [0.4, 0.5) is 0 Å². The summed E-state index contributed by atoms with van der Waals surface area (Å²) in [4.78, 5) is 16.9. The van der Waals surface area contributed by atoms with Crippen LogP contribution < -0.4 is 0 Å². The van der Waals surface area contributed by atoms with Crippen molar-refractivity contribution in [2.75, 3.05) is 26.2 Å². The number of benzene rings is 1. The minimum atomic E-state index is 0.0496. The van der Waals surface area contributed by atoms with Crippen LogP contribution in [0.25, 0.3) is 0 Å². The summed E-state index contributed by atoms with van der Waals surface area (Å²) in [6.07, 6.45) is 1.72. The molecule has 1 saturated heterocycles. The van der Waals surface area contributed by atoms with E-state index in [0.717, 1.165) is 28.8 Å². The highest BCUT2D eigenvalue weighted by Crippen LogP contribution is 2.23. The highest BCUT2D eigenvalue weighted by Gasteiger charge is 2.25. The van der Waals surface area contributed by atoms with Gasteiger partial charge >= 0.3 is 0 Å². The maximum absolute atomic E-state index is 12.7. The van der Waals surface area contributed by atoms with Gasteiger partial charge < -0.3 is 4.90 Å². The van der Waals surface area contributed by atoms with Gasteiger partial charge in [0.2, 0.25) is 0 Å². The van der Waals surface area contributed by atoms with Gasteiger partial charge in [-0.1, -0.05) is 29.3 Å². The number of halogens is 3. The number of hydrogen-bond donors (Lipinski definition) is 0. The molecule has 0 atom stereocenters. The molecule has 0 aliphatic carbocycles. The summed E-state index contributed by atoms with van der Waals surface area (Å²) in [5, 5.41) is 5.29. The van der Waals surface area contributed by atoms with Crippen molar-refractivity contribution in [3.63, 3.8) is 0 Å². The second-order valence-corrected chi connectivity index (χ2v) is 7.76. The Kier molecular flexibility index (Phi) is 5.69. The lowest BCUT2D eigenvalue weighted by molar-refractivity contribution is 0.0616. The first kappa shape index (κ1) is 18.0. The van der Waals surface area contributed by atoms with E-state index in [2.05, 4.69) is 32.6 Å². The SMILES string of the molecule is Cn1ncc(I)c1C(=O)N1CCN(Cc2ccc(Cl)c(Cl)c2)CC1. The first-order valence-electron chi connectivity index (χ1n) is 7.59. The van der Waals surface area contributed by atoms with Crippen molar-refractivity contribution in [3.05, 3.63) is 49.3 Å². The number of aromatic nitrogens is 2. The van der Waals surface area contributed by atoms with E-state index < -0.39 is 0 Å². The molecule has 1 fully saturated rings. The van der Waals surface area contributed by atoms with E-state index in [0.29, 0.717) is 28.8 Å². The van der Waals surface area contributed by atoms with Gasteiger partial charge in [0.1, 0.15) is 5.69 Å². The lowest BCUT2D eigenvalue weighted by Gasteiger charge is -2.34. The molecular weight excluding hydrogens is 462 g/mol. The predicted molar refractivity (Wildman–Crippen MR) is 104 cm³/mol. The normalized spacial score (nSPS) is 15.8. The molecule has 1 aromatic carbocycles. The molecule has 0 saturated carbocycles. The summed E-state index contributed by atoms with van der Waals surface area (Å²) < 4.78 is 2.53. The number of nitrogens with zero attached hydrogens (tertiary/aromatic N) is 4. The van der Waals surface area contributed by atoms with Gasteiger partial charge in [0.15, 0.2) is 0 Å². The second-order valence-electron chi connectivity index (χ2n) is 5.78. The average Bonchev–Trinajstić information content (AvgIpc) is 2.90. The average molecular weight is 479 g/mol. The maximum Gasteiger partial charge on any atom is 0.273 e. The number of rotatable bonds is 3. The van der Waals surface area contributed by atoms with Crippen molar-refractivity contribution < 1.29 is 4.79 Å². The largest absolute Gasteiger partial charge is 0.335 e. The van der Waals surface area contributed by atoms with Crippen LogP contribution in [-0.4, -0.2) is 51.7 Å². The molecule has 0 bridgehead atoms. The van der Waals surface area contributed by atoms with Gasteiger partial charge in [0, 0.05) is 39.8 Å². The van der Waals surface area contributed by atoms with Crippen molar-refractivity contribution in [3.8, 4) is 0 Å². The van der Waals surface area contributed by atoms with Crippen LogP contribution in [0.1, 0.15) is 16.1 Å². The molecule has 24 heavy (non-hydrogen) atoms. The van der Waals surface area contributed by atoms with Crippen LogP contribution in [0, 0.1) is 3.57 Å². The van der Waals surface area contributed by atoms with E-state index in [-0.39, 0.29) is 5.91 Å². The number of amides is 1. The fourth-order valence-electron chi connectivity index (χ4n) is 2.81. The third-order valence-electron chi connectivity index (χ3n) is 4.15. The Hall–Kier alpha value is -0.830. The molecule has 1 aliphatic heterocycles. The minimum absolute atomic E-state index is 0.0496. The number of carbonyl (C=O) groups excluding carboxylic acids is 1. The van der Waals surface area contributed by atoms with Crippen molar-refractivity contribution in [1.82, 2.24) is 19.6 Å². The van der Waals surface area contributed by atoms with Crippen LogP contribution in [0.15, 0.2) is 24.4 Å². The van der Waals surface area contributed by atoms with Crippen molar-refractivity contribution in [2.24, 2.45) is 7.05 Å². The summed E-state index contributed by atoms with van der Waals surface area (Å²) >= 11 is 14.2. The quantitative estimate of drug-likeness (QED) is 0.635. The van der Waals surface area contributed by atoms with Crippen molar-refractivity contribution >= 4 is 51.7 Å². The lowest BCUT2D eigenvalue weighted by atomic mass is 10.2. The third kappa shape index (κ3) is 3.87. The van der Waals surface area contributed by atoms with Crippen LogP contribution in [0.2, 0.25) is 10.0 Å². The molecule has 0 spiro atoms. The molecule has 0 N–H and O–H groups in total. The highest BCUT2D eigenvalue weighted by atomic mass is 127. The number of piperazine rings is 1. The number of hydrogen-bond acceptors (Lipinski definition) is 3. The van der Waals surface area contributed by atoms with Crippen molar-refractivity contribution in [2.45, 2.75) is 6.54 Å². The van der Waals surface area contributed by atoms with Gasteiger partial charge in [0.05, 0.1) is 19.8 Å². The Morgan fingerprint density at radius 1 is 1.21 bits per heavy atom. The zero-order chi connectivity index (χ0) is 17.3. The van der Waals surface area contributed by atoms with Crippen LogP contribution in [-0.2, 0) is 13.6 Å². The smallest absolute Gasteiger partial charge is 0.273 e. The molecule has 128 valence electrons. The molecule has 3 rings (SSSR count). The van der Waals surface area contributed by atoms with E-state index in [9.17, 15) is 4.79 Å². The summed E-state index contributed by atoms with van der Waals surface area (Å²) in [5.41, 5.74) is 1.79. The molecule has 8 heteroatoms. The monoisotopic (exact) mass is 478 g/mol. The topological polar surface area (TPSA) is 41.4 Å². The fourth-order valence-corrected chi connectivity index (χ4v) is 3.83. The van der Waals surface area contributed by atoms with E-state index in [1.165, 1.54) is 0 Å². The Morgan fingerprint density at radius 3 is 2.50 bits per heavy atom. The molecule has 0 unspecified atom stereocenters. The molecule has 5 nitrogen and oxygen atoms in total. The lowest BCUT2D eigenvalue weighted by Crippen LogP contribution is -2.48. The second kappa shape index (κ2) is 7.59. The Morgan fingerprint density at radius 2 is 1.92 bits per heavy atom. The third-order valence-corrected chi connectivity index (χ3v) is 5.67. The number of aryl methyl sites for hydroxylation is 1. The van der Waals surface area contributed by atoms with Gasteiger partial charge in [-0.2, -0.15) is 5.10 Å². The molecule has 1 amide bonds. The Balaban J connectivity index is 1.59. The van der Waals surface area contributed by atoms with Gasteiger partial charge in [0.25, 0.3) is 5.91 Å². The molecule has 2 heterocycles. The molecule has 1 aromatic heterocycles. The van der Waals surface area contributed by atoms with Gasteiger partial charge in [-0.15, -0.1) is 0 Å². The summed E-state index contributed by atoms with van der Waals surface area (Å²) in [7, 11) is 1.80. The zero-order valence-corrected chi connectivity index (χ0v) is 16.8. The Bertz CT molecular complexity index is 737. The van der Waals surface area contributed by atoms with Crippen molar-refractivity contribution in [1.29, 1.82) is 0 Å². The predicted octanol–water partition coefficient (Wildman–Crippen LogP) is 3.29. The van der Waals surface area contributed by atoms with Crippen LogP contribution in [0.5, 0.6) is 0 Å². The first-order chi connectivity index (χ1) is 11.5. The molecular formula is C16H17Cl2IN4O. The summed E-state index contributed by atoms with van der Waals surface area (Å²) in [5.74, 6) is 0.0496. The number of carbonyl (C=O) groups is 1. The molecule has 2 aromatic rings. The maximum atomic E-state index is 12.7. The van der Waals surface area contributed by atoms with E-state index in [1.807, 2.05) is 23.1 Å². The molecule has 1 aliphatic rings. The minimum Gasteiger partial charge on any atom is -0.335 e. The van der Waals surface area contributed by atoms with Gasteiger partial charge in [-0.3, -0.25) is 14.4 Å². The molecule has 0 radical (unpaired) electrons. The van der Waals surface area contributed by atoms with Crippen LogP contribution in [0.3, 0.4) is 0 Å². The summed E-state index contributed by atoms with van der Waals surface area (Å²) in [6, 6.07) is 5.71. The first-order valence-corrected chi connectivity index (χ1v) is 9.42. The zero-order valence-electron chi connectivity index (χ0n) is 13.2.